The van der Waals surface area contributed by atoms with Gasteiger partial charge in [-0.15, -0.1) is 0 Å². The zero-order valence-electron chi connectivity index (χ0n) is 16.9. The van der Waals surface area contributed by atoms with Crippen molar-refractivity contribution in [3.05, 3.63) is 66.5 Å². The van der Waals surface area contributed by atoms with Crippen LogP contribution in [0.4, 0.5) is 23.0 Å². The van der Waals surface area contributed by atoms with Gasteiger partial charge in [0.25, 0.3) is 5.91 Å². The van der Waals surface area contributed by atoms with E-state index >= 15 is 0 Å². The molecule has 4 N–H and O–H groups in total. The maximum Gasteiger partial charge on any atom is 0.251 e. The highest BCUT2D eigenvalue weighted by molar-refractivity contribution is 7.91. The van der Waals surface area contributed by atoms with Gasteiger partial charge in [0.05, 0.1) is 17.3 Å². The fraction of sp³-hybridized carbons (Fsp3) is 0.190. The highest BCUT2D eigenvalue weighted by Gasteiger charge is 2.12. The number of nitrogens with one attached hydrogen (secondary N) is 3. The molecule has 0 aliphatic heterocycles. The second kappa shape index (κ2) is 10.0. The van der Waals surface area contributed by atoms with Crippen molar-refractivity contribution in [3.63, 3.8) is 0 Å². The third kappa shape index (κ3) is 6.00. The van der Waals surface area contributed by atoms with Gasteiger partial charge in [-0.2, -0.15) is 0 Å². The molecule has 31 heavy (non-hydrogen) atoms. The Morgan fingerprint density at radius 3 is 2.29 bits per heavy atom. The number of anilines is 4. The lowest BCUT2D eigenvalue weighted by Crippen LogP contribution is -2.26. The second-order valence-corrected chi connectivity index (χ2v) is 8.80. The van der Waals surface area contributed by atoms with E-state index in [1.165, 1.54) is 6.33 Å². The van der Waals surface area contributed by atoms with E-state index in [0.29, 0.717) is 22.9 Å². The molecule has 0 radical (unpaired) electrons. The lowest BCUT2D eigenvalue weighted by atomic mass is 10.2. The van der Waals surface area contributed by atoms with Crippen molar-refractivity contribution in [2.45, 2.75) is 11.8 Å². The van der Waals surface area contributed by atoms with E-state index in [0.717, 1.165) is 5.69 Å². The van der Waals surface area contributed by atoms with E-state index in [9.17, 15) is 13.2 Å². The molecule has 1 amide bonds. The summed E-state index contributed by atoms with van der Waals surface area (Å²) in [6.07, 6.45) is 1.38. The normalized spacial score (nSPS) is 11.0. The first-order valence-corrected chi connectivity index (χ1v) is 11.2. The van der Waals surface area contributed by atoms with Gasteiger partial charge >= 0.3 is 0 Å². The largest absolute Gasteiger partial charge is 0.395 e. The van der Waals surface area contributed by atoms with E-state index in [-0.39, 0.29) is 29.7 Å². The fourth-order valence-corrected chi connectivity index (χ4v) is 3.63. The molecule has 0 spiro atoms. The lowest BCUT2D eigenvalue weighted by molar-refractivity contribution is 0.0945. The minimum Gasteiger partial charge on any atom is -0.395 e. The van der Waals surface area contributed by atoms with Crippen LogP contribution in [0.15, 0.2) is 65.8 Å². The van der Waals surface area contributed by atoms with Gasteiger partial charge in [0.1, 0.15) is 18.0 Å². The number of carbonyl (C=O) groups is 1. The van der Waals surface area contributed by atoms with Gasteiger partial charge < -0.3 is 21.1 Å². The predicted octanol–water partition coefficient (Wildman–Crippen LogP) is 2.48. The van der Waals surface area contributed by atoms with Crippen molar-refractivity contribution in [1.29, 1.82) is 0 Å². The van der Waals surface area contributed by atoms with Gasteiger partial charge in [-0.3, -0.25) is 4.79 Å². The minimum absolute atomic E-state index is 0.0277. The van der Waals surface area contributed by atoms with Crippen LogP contribution < -0.4 is 16.0 Å². The number of aliphatic hydroxyl groups excluding tert-OH is 1. The van der Waals surface area contributed by atoms with Crippen LogP contribution in [-0.4, -0.2) is 48.3 Å². The van der Waals surface area contributed by atoms with Crippen molar-refractivity contribution in [3.8, 4) is 0 Å². The molecule has 0 unspecified atom stereocenters. The van der Waals surface area contributed by atoms with Crippen LogP contribution >= 0.6 is 0 Å². The Kier molecular flexibility index (Phi) is 7.16. The first-order chi connectivity index (χ1) is 14.9. The topological polar surface area (TPSA) is 133 Å². The fourth-order valence-electron chi connectivity index (χ4n) is 2.70. The zero-order chi connectivity index (χ0) is 22.3. The summed E-state index contributed by atoms with van der Waals surface area (Å²) >= 11 is 0. The quantitative estimate of drug-likeness (QED) is 0.398. The summed E-state index contributed by atoms with van der Waals surface area (Å²) < 4.78 is 24.2. The molecule has 2 aromatic carbocycles. The van der Waals surface area contributed by atoms with Crippen LogP contribution in [0.3, 0.4) is 0 Å². The minimum atomic E-state index is -3.30. The van der Waals surface area contributed by atoms with Crippen molar-refractivity contribution in [2.24, 2.45) is 0 Å². The molecule has 1 heterocycles. The summed E-state index contributed by atoms with van der Waals surface area (Å²) in [6.45, 7) is 1.68. The summed E-state index contributed by atoms with van der Waals surface area (Å²) in [5.74, 6) is 0.775. The molecule has 0 bridgehead atoms. The van der Waals surface area contributed by atoms with Crippen molar-refractivity contribution in [2.75, 3.05) is 29.5 Å². The van der Waals surface area contributed by atoms with Gasteiger partial charge in [-0.05, 0) is 42.5 Å². The van der Waals surface area contributed by atoms with Crippen LogP contribution in [0.1, 0.15) is 17.3 Å². The number of amides is 1. The number of sulfone groups is 1. The molecule has 0 aliphatic rings. The van der Waals surface area contributed by atoms with E-state index in [1.54, 1.807) is 61.5 Å². The summed E-state index contributed by atoms with van der Waals surface area (Å²) in [6, 6.07) is 15.0. The van der Waals surface area contributed by atoms with E-state index in [1.807, 2.05) is 0 Å². The Hall–Kier alpha value is -3.50. The first-order valence-electron chi connectivity index (χ1n) is 9.59. The monoisotopic (exact) mass is 441 g/mol. The molecule has 0 fully saturated rings. The Bertz CT molecular complexity index is 1150. The van der Waals surface area contributed by atoms with Crippen molar-refractivity contribution >= 4 is 38.8 Å². The van der Waals surface area contributed by atoms with Gasteiger partial charge in [-0.25, -0.2) is 18.4 Å². The number of aromatic nitrogens is 2. The SMILES string of the molecule is CCS(=O)(=O)c1cccc(Nc2cc(Nc3ccc(C(=O)NCCO)cc3)ncn2)c1. The molecule has 10 heteroatoms. The number of hydrogen-bond donors (Lipinski definition) is 4. The molecule has 9 nitrogen and oxygen atoms in total. The smallest absolute Gasteiger partial charge is 0.251 e. The van der Waals surface area contributed by atoms with Gasteiger partial charge in [0.2, 0.25) is 0 Å². The van der Waals surface area contributed by atoms with E-state index < -0.39 is 9.84 Å². The maximum absolute atomic E-state index is 12.1. The number of carbonyl (C=O) groups excluding carboxylic acids is 1. The molecular weight excluding hydrogens is 418 g/mol. The molecule has 3 rings (SSSR count). The maximum atomic E-state index is 12.1. The highest BCUT2D eigenvalue weighted by Crippen LogP contribution is 2.22. The molecule has 3 aromatic rings. The molecule has 162 valence electrons. The van der Waals surface area contributed by atoms with Gasteiger partial charge in [0, 0.05) is 29.5 Å². The van der Waals surface area contributed by atoms with Crippen LogP contribution in [-0.2, 0) is 9.84 Å². The standard InChI is InChI=1S/C21H23N5O4S/c1-2-31(29,30)18-5-3-4-17(12-18)26-20-13-19(23-14-24-20)25-16-8-6-15(7-9-16)21(28)22-10-11-27/h3-9,12-14,27H,2,10-11H2,1H3,(H,22,28)(H2,23,24,25,26). The summed E-state index contributed by atoms with van der Waals surface area (Å²) in [5, 5.41) is 17.6. The average Bonchev–Trinajstić information content (AvgIpc) is 2.78. The van der Waals surface area contributed by atoms with E-state index in [4.69, 9.17) is 5.11 Å². The van der Waals surface area contributed by atoms with Gasteiger partial charge in [0.15, 0.2) is 9.84 Å². The second-order valence-electron chi connectivity index (χ2n) is 6.53. The van der Waals surface area contributed by atoms with Gasteiger partial charge in [-0.1, -0.05) is 13.0 Å². The molecule has 0 saturated heterocycles. The molecule has 0 aliphatic carbocycles. The summed E-state index contributed by atoms with van der Waals surface area (Å²) in [7, 11) is -3.30. The molecular formula is C21H23N5O4S. The molecule has 0 saturated carbocycles. The highest BCUT2D eigenvalue weighted by atomic mass is 32.2. The third-order valence-electron chi connectivity index (χ3n) is 4.33. The van der Waals surface area contributed by atoms with E-state index in [2.05, 4.69) is 25.9 Å². The predicted molar refractivity (Wildman–Crippen MR) is 119 cm³/mol. The Morgan fingerprint density at radius 2 is 1.65 bits per heavy atom. The zero-order valence-corrected chi connectivity index (χ0v) is 17.7. The summed E-state index contributed by atoms with van der Waals surface area (Å²) in [4.78, 5) is 20.5. The lowest BCUT2D eigenvalue weighted by Gasteiger charge is -2.10. The van der Waals surface area contributed by atoms with Crippen LogP contribution in [0.5, 0.6) is 0 Å². The Morgan fingerprint density at radius 1 is 0.968 bits per heavy atom. The average molecular weight is 442 g/mol. The number of aliphatic hydroxyl groups is 1. The van der Waals surface area contributed by atoms with Crippen LogP contribution in [0.2, 0.25) is 0 Å². The third-order valence-corrected chi connectivity index (χ3v) is 6.06. The first kappa shape index (κ1) is 22.2. The Balaban J connectivity index is 1.70. The Labute approximate surface area is 180 Å². The number of nitrogens with zero attached hydrogens (tertiary/aromatic N) is 2. The van der Waals surface area contributed by atoms with Crippen LogP contribution in [0, 0.1) is 0 Å². The van der Waals surface area contributed by atoms with Crippen LogP contribution in [0.25, 0.3) is 0 Å². The van der Waals surface area contributed by atoms with Crippen molar-refractivity contribution in [1.82, 2.24) is 15.3 Å². The summed E-state index contributed by atoms with van der Waals surface area (Å²) in [5.41, 5.74) is 1.79. The van der Waals surface area contributed by atoms with Crippen molar-refractivity contribution < 1.29 is 18.3 Å². The number of hydrogen-bond acceptors (Lipinski definition) is 8. The number of rotatable bonds is 9. The number of benzene rings is 2. The molecule has 0 atom stereocenters. The molecule has 1 aromatic heterocycles.